The summed E-state index contributed by atoms with van der Waals surface area (Å²) in [5.41, 5.74) is 0.666. The highest BCUT2D eigenvalue weighted by molar-refractivity contribution is 6.46. The van der Waals surface area contributed by atoms with E-state index in [1.165, 1.54) is 30.2 Å². The number of ether oxygens (including phenoxy) is 1. The Kier molecular flexibility index (Phi) is 7.43. The van der Waals surface area contributed by atoms with Gasteiger partial charge in [0.1, 0.15) is 17.3 Å². The normalized spacial score (nSPS) is 17.9. The second kappa shape index (κ2) is 10.1. The van der Waals surface area contributed by atoms with Crippen molar-refractivity contribution in [2.24, 2.45) is 0 Å². The Morgan fingerprint density at radius 2 is 1.88 bits per heavy atom. The first kappa shape index (κ1) is 23.6. The lowest BCUT2D eigenvalue weighted by Gasteiger charge is -2.28. The molecule has 1 fully saturated rings. The van der Waals surface area contributed by atoms with Gasteiger partial charge < -0.3 is 24.7 Å². The Labute approximate surface area is 192 Å². The third kappa shape index (κ3) is 4.59. The smallest absolute Gasteiger partial charge is 0.295 e. The van der Waals surface area contributed by atoms with Crippen LogP contribution in [0.4, 0.5) is 0 Å². The Morgan fingerprint density at radius 1 is 1.16 bits per heavy atom. The predicted molar refractivity (Wildman–Crippen MR) is 123 cm³/mol. The fourth-order valence-electron chi connectivity index (χ4n) is 3.95. The summed E-state index contributed by atoms with van der Waals surface area (Å²) in [5, 5.41) is 21.6. The van der Waals surface area contributed by atoms with Gasteiger partial charge in [-0.15, -0.1) is 0 Å². The van der Waals surface area contributed by atoms with Gasteiger partial charge in [-0.3, -0.25) is 9.59 Å². The van der Waals surface area contributed by atoms with Crippen molar-refractivity contribution in [2.75, 3.05) is 33.3 Å². The molecule has 1 heterocycles. The number of carbonyl (C=O) groups excluding carboxylic acids is 2. The fourth-order valence-corrected chi connectivity index (χ4v) is 4.12. The van der Waals surface area contributed by atoms with Crippen LogP contribution >= 0.6 is 11.6 Å². The van der Waals surface area contributed by atoms with Crippen LogP contribution in [0.15, 0.2) is 48.0 Å². The van der Waals surface area contributed by atoms with Gasteiger partial charge in [-0.1, -0.05) is 37.6 Å². The number of likely N-dealkylation sites (N-methyl/N-ethyl adjacent to an activating group) is 1. The van der Waals surface area contributed by atoms with E-state index in [9.17, 15) is 19.8 Å². The zero-order valence-electron chi connectivity index (χ0n) is 18.3. The molecule has 0 aliphatic carbocycles. The van der Waals surface area contributed by atoms with Gasteiger partial charge in [-0.25, -0.2) is 0 Å². The van der Waals surface area contributed by atoms with Gasteiger partial charge in [0.25, 0.3) is 11.7 Å². The number of methoxy groups -OCH3 is 1. The Hall–Kier alpha value is -3.03. The van der Waals surface area contributed by atoms with Gasteiger partial charge in [0, 0.05) is 18.1 Å². The number of phenolic OH excluding ortho intramolecular Hbond substituents is 1. The van der Waals surface area contributed by atoms with E-state index in [-0.39, 0.29) is 29.2 Å². The number of carbonyl (C=O) groups is 2. The molecular weight excluding hydrogens is 432 g/mol. The first-order chi connectivity index (χ1) is 15.3. The number of nitrogens with zero attached hydrogens (tertiary/aromatic N) is 2. The first-order valence-corrected chi connectivity index (χ1v) is 10.8. The molecule has 7 nitrogen and oxygen atoms in total. The van der Waals surface area contributed by atoms with E-state index < -0.39 is 17.7 Å². The zero-order chi connectivity index (χ0) is 23.4. The molecule has 1 unspecified atom stereocenters. The highest BCUT2D eigenvalue weighted by atomic mass is 35.5. The number of halogens is 1. The molecule has 3 rings (SSSR count). The fraction of sp³-hybridized carbons (Fsp3) is 0.333. The summed E-state index contributed by atoms with van der Waals surface area (Å²) in [6.45, 7) is 6.51. The third-order valence-electron chi connectivity index (χ3n) is 5.69. The number of likely N-dealkylation sites (tertiary alicyclic amines) is 1. The minimum Gasteiger partial charge on any atom is -0.508 e. The quantitative estimate of drug-likeness (QED) is 0.355. The van der Waals surface area contributed by atoms with Crippen molar-refractivity contribution < 1.29 is 24.5 Å². The van der Waals surface area contributed by atoms with Crippen molar-refractivity contribution in [3.63, 3.8) is 0 Å². The lowest BCUT2D eigenvalue weighted by atomic mass is 9.95. The summed E-state index contributed by atoms with van der Waals surface area (Å²) >= 11 is 6.12. The van der Waals surface area contributed by atoms with E-state index in [2.05, 4.69) is 4.90 Å². The van der Waals surface area contributed by atoms with Crippen LogP contribution < -0.4 is 4.74 Å². The van der Waals surface area contributed by atoms with Crippen molar-refractivity contribution >= 4 is 29.1 Å². The molecule has 1 saturated heterocycles. The van der Waals surface area contributed by atoms with Crippen molar-refractivity contribution in [1.29, 1.82) is 0 Å². The van der Waals surface area contributed by atoms with Crippen LogP contribution in [0.25, 0.3) is 5.76 Å². The number of rotatable bonds is 8. The van der Waals surface area contributed by atoms with E-state index in [0.717, 1.165) is 13.1 Å². The highest BCUT2D eigenvalue weighted by Gasteiger charge is 2.46. The van der Waals surface area contributed by atoms with Crippen LogP contribution in [0, 0.1) is 0 Å². The maximum atomic E-state index is 13.1. The van der Waals surface area contributed by atoms with Crippen LogP contribution in [-0.2, 0) is 9.59 Å². The number of hydrogen-bond donors (Lipinski definition) is 2. The molecule has 1 amide bonds. The molecule has 0 spiro atoms. The Bertz CT molecular complexity index is 1050. The van der Waals surface area contributed by atoms with Crippen LogP contribution in [0.5, 0.6) is 11.5 Å². The minimum atomic E-state index is -0.860. The lowest BCUT2D eigenvalue weighted by Crippen LogP contribution is -2.38. The average Bonchev–Trinajstić information content (AvgIpc) is 3.04. The van der Waals surface area contributed by atoms with Crippen molar-refractivity contribution in [1.82, 2.24) is 9.80 Å². The average molecular weight is 459 g/mol. The molecular formula is C24H27ClN2O5. The van der Waals surface area contributed by atoms with Crippen molar-refractivity contribution in [3.05, 3.63) is 64.2 Å². The molecule has 1 atom stereocenters. The molecule has 1 aliphatic rings. The number of aromatic hydroxyl groups is 1. The monoisotopic (exact) mass is 458 g/mol. The van der Waals surface area contributed by atoms with Gasteiger partial charge >= 0.3 is 0 Å². The standard InChI is InChI=1S/C24H27ClN2O5/c1-4-26(5-2)11-12-27-21(15-7-6-8-17(28)13-15)20(23(30)24(27)31)22(29)18-14-16(25)9-10-19(18)32-3/h6-10,13-14,21,28-29H,4-5,11-12H2,1-3H3/b22-20+. The lowest BCUT2D eigenvalue weighted by molar-refractivity contribution is -0.140. The molecule has 0 radical (unpaired) electrons. The minimum absolute atomic E-state index is 0.00262. The van der Waals surface area contributed by atoms with Crippen molar-refractivity contribution in [3.8, 4) is 11.5 Å². The van der Waals surface area contributed by atoms with Crippen molar-refractivity contribution in [2.45, 2.75) is 19.9 Å². The van der Waals surface area contributed by atoms with Gasteiger partial charge in [0.2, 0.25) is 0 Å². The van der Waals surface area contributed by atoms with Crippen LogP contribution in [-0.4, -0.2) is 65.0 Å². The summed E-state index contributed by atoms with van der Waals surface area (Å²) in [6.07, 6.45) is 0. The maximum absolute atomic E-state index is 13.1. The first-order valence-electron chi connectivity index (χ1n) is 10.5. The number of aliphatic hydroxyl groups excluding tert-OH is 1. The van der Waals surface area contributed by atoms with Crippen LogP contribution in [0.2, 0.25) is 5.02 Å². The molecule has 32 heavy (non-hydrogen) atoms. The molecule has 8 heteroatoms. The second-order valence-corrected chi connectivity index (χ2v) is 7.90. The number of phenols is 1. The van der Waals surface area contributed by atoms with E-state index in [4.69, 9.17) is 16.3 Å². The summed E-state index contributed by atoms with van der Waals surface area (Å²) in [7, 11) is 1.44. The summed E-state index contributed by atoms with van der Waals surface area (Å²) < 4.78 is 5.33. The zero-order valence-corrected chi connectivity index (χ0v) is 19.1. The largest absolute Gasteiger partial charge is 0.508 e. The second-order valence-electron chi connectivity index (χ2n) is 7.46. The molecule has 0 saturated carbocycles. The predicted octanol–water partition coefficient (Wildman–Crippen LogP) is 3.82. The highest BCUT2D eigenvalue weighted by Crippen LogP contribution is 2.41. The molecule has 0 aromatic heterocycles. The molecule has 0 bridgehead atoms. The number of hydrogen-bond acceptors (Lipinski definition) is 6. The van der Waals surface area contributed by atoms with Gasteiger partial charge in [0.05, 0.1) is 24.3 Å². The summed E-state index contributed by atoms with van der Waals surface area (Å²) in [5.74, 6) is -1.56. The number of aliphatic hydroxyl groups is 1. The Balaban J connectivity index is 2.17. The van der Waals surface area contributed by atoms with Gasteiger partial charge in [-0.05, 0) is 49.0 Å². The number of ketones is 1. The van der Waals surface area contributed by atoms with E-state index >= 15 is 0 Å². The molecule has 2 aromatic rings. The van der Waals surface area contributed by atoms with E-state index in [1.54, 1.807) is 24.3 Å². The number of benzene rings is 2. The van der Waals surface area contributed by atoms with E-state index in [0.29, 0.717) is 22.9 Å². The van der Waals surface area contributed by atoms with Gasteiger partial charge in [0.15, 0.2) is 0 Å². The molecule has 2 aromatic carbocycles. The molecule has 1 aliphatic heterocycles. The topological polar surface area (TPSA) is 90.3 Å². The number of amides is 1. The van der Waals surface area contributed by atoms with Crippen LogP contribution in [0.3, 0.4) is 0 Å². The molecule has 2 N–H and O–H groups in total. The Morgan fingerprint density at radius 3 is 2.50 bits per heavy atom. The van der Waals surface area contributed by atoms with Crippen LogP contribution in [0.1, 0.15) is 31.0 Å². The van der Waals surface area contributed by atoms with E-state index in [1.807, 2.05) is 13.8 Å². The summed E-state index contributed by atoms with van der Waals surface area (Å²) in [6, 6.07) is 10.1. The SMILES string of the molecule is CCN(CC)CCN1C(=O)C(=O)/C(=C(/O)c2cc(Cl)ccc2OC)C1c1cccc(O)c1. The maximum Gasteiger partial charge on any atom is 0.295 e. The van der Waals surface area contributed by atoms with Gasteiger partial charge in [-0.2, -0.15) is 0 Å². The summed E-state index contributed by atoms with van der Waals surface area (Å²) in [4.78, 5) is 29.7. The number of Topliss-reactive ketones (excluding diaryl/α,β-unsaturated/α-hetero) is 1. The third-order valence-corrected chi connectivity index (χ3v) is 5.93. The molecule has 170 valence electrons.